The van der Waals surface area contributed by atoms with Crippen molar-refractivity contribution >= 4 is 59.9 Å². The second-order valence-corrected chi connectivity index (χ2v) is 9.37. The van der Waals surface area contributed by atoms with E-state index in [4.69, 9.17) is 16.3 Å². The number of ether oxygens (including phenoxy) is 1. The van der Waals surface area contributed by atoms with E-state index in [9.17, 15) is 13.2 Å². The molecule has 148 valence electrons. The molecule has 1 aromatic heterocycles. The molecule has 0 aliphatic carbocycles. The average Bonchev–Trinajstić information content (AvgIpc) is 3.02. The quantitative estimate of drug-likeness (QED) is 0.594. The number of rotatable bonds is 6. The van der Waals surface area contributed by atoms with Crippen molar-refractivity contribution in [2.75, 3.05) is 17.1 Å². The third kappa shape index (κ3) is 4.37. The first kappa shape index (κ1) is 20.4. The van der Waals surface area contributed by atoms with Crippen LogP contribution in [0.1, 0.15) is 13.8 Å². The van der Waals surface area contributed by atoms with Gasteiger partial charge in [-0.15, -0.1) is 0 Å². The van der Waals surface area contributed by atoms with Crippen molar-refractivity contribution in [3.63, 3.8) is 0 Å². The molecule has 0 atom stereocenters. The van der Waals surface area contributed by atoms with Gasteiger partial charge in [0.15, 0.2) is 5.13 Å². The van der Waals surface area contributed by atoms with Crippen molar-refractivity contribution in [3.8, 4) is 5.75 Å². The minimum Gasteiger partial charge on any atom is -0.495 e. The minimum absolute atomic E-state index is 0.0153. The molecule has 3 aromatic rings. The van der Waals surface area contributed by atoms with Crippen molar-refractivity contribution in [2.45, 2.75) is 18.7 Å². The fourth-order valence-electron chi connectivity index (χ4n) is 2.32. The smallest absolute Gasteiger partial charge is 0.261 e. The number of fused-ring (bicyclic) bond motifs is 1. The van der Waals surface area contributed by atoms with Crippen LogP contribution in [0.15, 0.2) is 41.3 Å². The van der Waals surface area contributed by atoms with Gasteiger partial charge < -0.3 is 10.1 Å². The van der Waals surface area contributed by atoms with Crippen LogP contribution in [0.2, 0.25) is 5.02 Å². The number of hydrogen-bond acceptors (Lipinski definition) is 6. The van der Waals surface area contributed by atoms with Gasteiger partial charge in [0.25, 0.3) is 10.0 Å². The van der Waals surface area contributed by atoms with Crippen LogP contribution in [0.25, 0.3) is 10.2 Å². The summed E-state index contributed by atoms with van der Waals surface area (Å²) in [4.78, 5) is 16.2. The summed E-state index contributed by atoms with van der Waals surface area (Å²) in [5.41, 5.74) is 0.934. The lowest BCUT2D eigenvalue weighted by molar-refractivity contribution is -0.118. The molecule has 0 spiro atoms. The molecule has 0 unspecified atom stereocenters. The normalized spacial score (nSPS) is 11.6. The summed E-state index contributed by atoms with van der Waals surface area (Å²) >= 11 is 7.34. The first-order chi connectivity index (χ1) is 13.2. The molecule has 7 nitrogen and oxygen atoms in total. The van der Waals surface area contributed by atoms with E-state index in [1.165, 1.54) is 36.6 Å². The zero-order valence-electron chi connectivity index (χ0n) is 15.3. The number of anilines is 2. The molecule has 0 saturated carbocycles. The Labute approximate surface area is 171 Å². The number of thiazole rings is 1. The van der Waals surface area contributed by atoms with Crippen LogP contribution in [0.3, 0.4) is 0 Å². The van der Waals surface area contributed by atoms with Crippen molar-refractivity contribution < 1.29 is 17.9 Å². The molecule has 2 N–H and O–H groups in total. The zero-order chi connectivity index (χ0) is 20.5. The topological polar surface area (TPSA) is 97.4 Å². The van der Waals surface area contributed by atoms with Gasteiger partial charge in [-0.1, -0.05) is 36.8 Å². The van der Waals surface area contributed by atoms with Crippen molar-refractivity contribution in [2.24, 2.45) is 5.92 Å². The van der Waals surface area contributed by atoms with Gasteiger partial charge in [-0.25, -0.2) is 13.4 Å². The number of nitrogens with one attached hydrogen (secondary N) is 2. The maximum atomic E-state index is 12.6. The summed E-state index contributed by atoms with van der Waals surface area (Å²) in [7, 11) is -2.38. The SMILES string of the molecule is COc1ccc(S(=O)(=O)Nc2ccc3sc(NC(=O)C(C)C)nc3c2)cc1Cl. The predicted molar refractivity (Wildman–Crippen MR) is 112 cm³/mol. The van der Waals surface area contributed by atoms with Crippen molar-refractivity contribution in [1.29, 1.82) is 0 Å². The summed E-state index contributed by atoms with van der Waals surface area (Å²) in [6.07, 6.45) is 0. The van der Waals surface area contributed by atoms with E-state index in [2.05, 4.69) is 15.0 Å². The van der Waals surface area contributed by atoms with Crippen LogP contribution >= 0.6 is 22.9 Å². The van der Waals surface area contributed by atoms with E-state index in [0.29, 0.717) is 22.1 Å². The summed E-state index contributed by atoms with van der Waals surface area (Å²) in [5.74, 6) is 0.0996. The molecular formula is C18H18ClN3O4S2. The number of nitrogens with zero attached hydrogens (tertiary/aromatic N) is 1. The van der Waals surface area contributed by atoms with E-state index in [1.807, 2.05) is 0 Å². The molecule has 2 aromatic carbocycles. The molecule has 0 radical (unpaired) electrons. The van der Waals surface area contributed by atoms with Gasteiger partial charge in [-0.3, -0.25) is 9.52 Å². The Kier molecular flexibility index (Phi) is 5.78. The van der Waals surface area contributed by atoms with Crippen LogP contribution in [0.5, 0.6) is 5.75 Å². The molecule has 0 aliphatic rings. The number of sulfonamides is 1. The maximum Gasteiger partial charge on any atom is 0.261 e. The Morgan fingerprint density at radius 1 is 1.21 bits per heavy atom. The highest BCUT2D eigenvalue weighted by Crippen LogP contribution is 2.31. The highest BCUT2D eigenvalue weighted by atomic mass is 35.5. The molecule has 1 heterocycles. The third-order valence-corrected chi connectivity index (χ3v) is 6.45. The Morgan fingerprint density at radius 3 is 2.61 bits per heavy atom. The second kappa shape index (κ2) is 7.94. The largest absolute Gasteiger partial charge is 0.495 e. The van der Waals surface area contributed by atoms with E-state index < -0.39 is 10.0 Å². The number of hydrogen-bond donors (Lipinski definition) is 2. The number of methoxy groups -OCH3 is 1. The number of amides is 1. The van der Waals surface area contributed by atoms with Gasteiger partial charge in [0, 0.05) is 5.92 Å². The van der Waals surface area contributed by atoms with Crippen LogP contribution in [0, 0.1) is 5.92 Å². The summed E-state index contributed by atoms with van der Waals surface area (Å²) in [6.45, 7) is 3.59. The van der Waals surface area contributed by atoms with Gasteiger partial charge in [-0.2, -0.15) is 0 Å². The fraction of sp³-hybridized carbons (Fsp3) is 0.222. The highest BCUT2D eigenvalue weighted by Gasteiger charge is 2.17. The Hall–Kier alpha value is -2.36. The van der Waals surface area contributed by atoms with Gasteiger partial charge in [0.2, 0.25) is 5.91 Å². The summed E-state index contributed by atoms with van der Waals surface area (Å²) < 4.78 is 33.6. The van der Waals surface area contributed by atoms with Crippen molar-refractivity contribution in [3.05, 3.63) is 41.4 Å². The van der Waals surface area contributed by atoms with Crippen LogP contribution < -0.4 is 14.8 Å². The molecule has 0 aliphatic heterocycles. The third-order valence-electron chi connectivity index (χ3n) is 3.83. The molecule has 28 heavy (non-hydrogen) atoms. The van der Waals surface area contributed by atoms with Gasteiger partial charge in [-0.05, 0) is 36.4 Å². The number of carbonyl (C=O) groups excluding carboxylic acids is 1. The molecule has 0 fully saturated rings. The molecule has 1 amide bonds. The maximum absolute atomic E-state index is 12.6. The number of carbonyl (C=O) groups is 1. The highest BCUT2D eigenvalue weighted by molar-refractivity contribution is 7.92. The zero-order valence-corrected chi connectivity index (χ0v) is 17.7. The molecule has 0 bridgehead atoms. The van der Waals surface area contributed by atoms with Crippen molar-refractivity contribution in [1.82, 2.24) is 4.98 Å². The van der Waals surface area contributed by atoms with E-state index in [0.717, 1.165) is 4.70 Å². The molecular weight excluding hydrogens is 422 g/mol. The first-order valence-electron chi connectivity index (χ1n) is 8.27. The Morgan fingerprint density at radius 2 is 1.96 bits per heavy atom. The number of halogens is 1. The predicted octanol–water partition coefficient (Wildman–Crippen LogP) is 4.35. The van der Waals surface area contributed by atoms with Gasteiger partial charge in [0.1, 0.15) is 5.75 Å². The monoisotopic (exact) mass is 439 g/mol. The molecule has 0 saturated heterocycles. The first-order valence-corrected chi connectivity index (χ1v) is 10.9. The lowest BCUT2D eigenvalue weighted by Gasteiger charge is -2.10. The second-order valence-electron chi connectivity index (χ2n) is 6.25. The minimum atomic E-state index is -3.84. The fourth-order valence-corrected chi connectivity index (χ4v) is 4.57. The van der Waals surface area contributed by atoms with Gasteiger partial charge in [0.05, 0.1) is 32.9 Å². The Balaban J connectivity index is 1.85. The standard InChI is InChI=1S/C18H18ClN3O4S2/c1-10(2)17(23)21-18-20-14-8-11(4-7-16(14)27-18)22-28(24,25)12-5-6-15(26-3)13(19)9-12/h4-10,22H,1-3H3,(H,20,21,23). The summed E-state index contributed by atoms with van der Waals surface area (Å²) in [5, 5.41) is 3.41. The van der Waals surface area contributed by atoms with E-state index >= 15 is 0 Å². The lowest BCUT2D eigenvalue weighted by Crippen LogP contribution is -2.17. The number of aromatic nitrogens is 1. The molecule has 3 rings (SSSR count). The van der Waals surface area contributed by atoms with Crippen LogP contribution in [-0.2, 0) is 14.8 Å². The summed E-state index contributed by atoms with van der Waals surface area (Å²) in [6, 6.07) is 9.22. The molecule has 10 heteroatoms. The van der Waals surface area contributed by atoms with Gasteiger partial charge >= 0.3 is 0 Å². The van der Waals surface area contributed by atoms with E-state index in [1.54, 1.807) is 32.0 Å². The van der Waals surface area contributed by atoms with E-state index in [-0.39, 0.29) is 21.7 Å². The average molecular weight is 440 g/mol. The number of benzene rings is 2. The van der Waals surface area contributed by atoms with Crippen LogP contribution in [0.4, 0.5) is 10.8 Å². The lowest BCUT2D eigenvalue weighted by atomic mass is 10.2. The Bertz CT molecular complexity index is 1140. The van der Waals surface area contributed by atoms with Crippen LogP contribution in [-0.4, -0.2) is 26.4 Å².